The maximum Gasteiger partial charge on any atom is 0.319 e. The van der Waals surface area contributed by atoms with Gasteiger partial charge in [0.1, 0.15) is 23.9 Å². The SMILES string of the molecule is CC[C@H]1OC(=O)[C@H](C)[C@@H](O)[C@H](C)[C@@H](O[C@@H]2O[C@H](C)C[C@H](N(C)C)[C@H]2O)[C@](C)(O)C[C@@H](C)CN(CCNC(=O)Nc2ccc3ccccc3c2)[C@H](C)[C@@H](O)[C@]1(C)O. The maximum absolute atomic E-state index is 13.6. The fourth-order valence-electron chi connectivity index (χ4n) is 8.65. The van der Waals surface area contributed by atoms with Gasteiger partial charge in [-0.3, -0.25) is 9.69 Å². The van der Waals surface area contributed by atoms with Crippen molar-refractivity contribution in [2.45, 2.75) is 141 Å². The van der Waals surface area contributed by atoms with Crippen LogP contribution in [0, 0.1) is 17.8 Å². The smallest absolute Gasteiger partial charge is 0.319 e. The summed E-state index contributed by atoms with van der Waals surface area (Å²) in [6.45, 7) is 14.3. The third kappa shape index (κ3) is 11.0. The molecule has 2 heterocycles. The van der Waals surface area contributed by atoms with Gasteiger partial charge in [-0.05, 0) is 96.8 Å². The molecule has 2 fully saturated rings. The third-order valence-electron chi connectivity index (χ3n) is 12.0. The van der Waals surface area contributed by atoms with Gasteiger partial charge >= 0.3 is 12.0 Å². The van der Waals surface area contributed by atoms with Crippen LogP contribution in [0.4, 0.5) is 10.5 Å². The van der Waals surface area contributed by atoms with Crippen molar-refractivity contribution >= 4 is 28.5 Å². The number of fused-ring (bicyclic) bond motifs is 1. The van der Waals surface area contributed by atoms with Crippen molar-refractivity contribution in [3.63, 3.8) is 0 Å². The number of carbonyl (C=O) groups excluding carboxylic acids is 2. The lowest BCUT2D eigenvalue weighted by Gasteiger charge is -2.46. The summed E-state index contributed by atoms with van der Waals surface area (Å²) in [6.07, 6.45) is -6.58. The normalized spacial score (nSPS) is 38.4. The molecule has 14 heteroatoms. The van der Waals surface area contributed by atoms with Gasteiger partial charge in [0.2, 0.25) is 0 Å². The molecule has 2 aliphatic heterocycles. The molecule has 0 aromatic heterocycles. The van der Waals surface area contributed by atoms with Crippen LogP contribution in [0.5, 0.6) is 0 Å². The van der Waals surface area contributed by atoms with Gasteiger partial charge in [-0.1, -0.05) is 51.1 Å². The lowest BCUT2D eigenvalue weighted by molar-refractivity contribution is -0.299. The Kier molecular flexibility index (Phi) is 15.7. The molecule has 0 unspecified atom stereocenters. The number of hydrogen-bond donors (Lipinski definition) is 7. The zero-order valence-electron chi connectivity index (χ0n) is 34.9. The van der Waals surface area contributed by atoms with Crippen LogP contribution >= 0.6 is 0 Å². The minimum absolute atomic E-state index is 0.145. The van der Waals surface area contributed by atoms with Gasteiger partial charge in [-0.2, -0.15) is 0 Å². The van der Waals surface area contributed by atoms with Crippen LogP contribution in [0.25, 0.3) is 10.8 Å². The Hall–Kier alpha value is -2.92. The zero-order valence-corrected chi connectivity index (χ0v) is 34.9. The first-order valence-corrected chi connectivity index (χ1v) is 20.1. The molecule has 56 heavy (non-hydrogen) atoms. The fourth-order valence-corrected chi connectivity index (χ4v) is 8.65. The molecule has 316 valence electrons. The highest BCUT2D eigenvalue weighted by atomic mass is 16.7. The van der Waals surface area contributed by atoms with E-state index in [-0.39, 0.29) is 44.0 Å². The zero-order chi connectivity index (χ0) is 41.7. The Morgan fingerprint density at radius 3 is 2.30 bits per heavy atom. The largest absolute Gasteiger partial charge is 0.459 e. The highest BCUT2D eigenvalue weighted by Gasteiger charge is 2.50. The number of hydrogen-bond acceptors (Lipinski definition) is 12. The van der Waals surface area contributed by atoms with Crippen molar-refractivity contribution < 1.29 is 49.3 Å². The van der Waals surface area contributed by atoms with Gasteiger partial charge in [0.25, 0.3) is 0 Å². The minimum atomic E-state index is -1.89. The number of nitrogens with one attached hydrogen (secondary N) is 2. The first kappa shape index (κ1) is 45.8. The molecule has 7 N–H and O–H groups in total. The van der Waals surface area contributed by atoms with Gasteiger partial charge in [0, 0.05) is 43.3 Å². The van der Waals surface area contributed by atoms with E-state index in [0.717, 1.165) is 10.8 Å². The van der Waals surface area contributed by atoms with E-state index in [4.69, 9.17) is 14.2 Å². The van der Waals surface area contributed by atoms with E-state index < -0.39 is 77.9 Å². The summed E-state index contributed by atoms with van der Waals surface area (Å²) < 4.78 is 18.4. The predicted octanol–water partition coefficient (Wildman–Crippen LogP) is 3.32. The van der Waals surface area contributed by atoms with E-state index in [1.54, 1.807) is 27.7 Å². The molecule has 2 saturated heterocycles. The van der Waals surface area contributed by atoms with Crippen molar-refractivity contribution in [2.24, 2.45) is 17.8 Å². The average Bonchev–Trinajstić information content (AvgIpc) is 3.14. The van der Waals surface area contributed by atoms with Crippen LogP contribution in [-0.2, 0) is 19.0 Å². The third-order valence-corrected chi connectivity index (χ3v) is 12.0. The van der Waals surface area contributed by atoms with E-state index >= 15 is 0 Å². The first-order chi connectivity index (χ1) is 26.2. The van der Waals surface area contributed by atoms with Crippen LogP contribution in [0.15, 0.2) is 42.5 Å². The number of benzene rings is 2. The highest BCUT2D eigenvalue weighted by Crippen LogP contribution is 2.37. The maximum atomic E-state index is 13.6. The molecule has 14 nitrogen and oxygen atoms in total. The van der Waals surface area contributed by atoms with Crippen molar-refractivity contribution in [2.75, 3.05) is 39.0 Å². The molecule has 14 atom stereocenters. The summed E-state index contributed by atoms with van der Waals surface area (Å²) in [5, 5.41) is 66.8. The number of anilines is 1. The van der Waals surface area contributed by atoms with Crippen molar-refractivity contribution in [1.29, 1.82) is 0 Å². The van der Waals surface area contributed by atoms with Gasteiger partial charge < -0.3 is 55.3 Å². The Bertz CT molecular complexity index is 1590. The number of ether oxygens (including phenoxy) is 3. The number of esters is 1. The average molecular weight is 789 g/mol. The molecule has 2 aromatic rings. The molecule has 4 rings (SSSR count). The Morgan fingerprint density at radius 2 is 1.66 bits per heavy atom. The first-order valence-electron chi connectivity index (χ1n) is 20.1. The van der Waals surface area contributed by atoms with Gasteiger partial charge in [-0.25, -0.2) is 4.79 Å². The van der Waals surface area contributed by atoms with Crippen LogP contribution in [0.3, 0.4) is 0 Å². The predicted molar refractivity (Wildman–Crippen MR) is 215 cm³/mol. The highest BCUT2D eigenvalue weighted by molar-refractivity contribution is 5.93. The second-order valence-electron chi connectivity index (χ2n) is 17.1. The standard InChI is InChI=1S/C42H68N4O10/c1-11-33-42(8,53)36(49)28(6)46(19-18-43-40(51)44-31-17-16-29-14-12-13-15-30(29)21-31)23-24(2)22-41(7,52)37(26(4)34(47)27(5)38(50)55-33)56-39-35(48)32(45(9)10)20-25(3)54-39/h12-17,21,24-28,32-37,39,47-49,52-53H,11,18-20,22-23H2,1-10H3,(H2,43,44,51)/t24-,25-,26+,27-,28-,32+,33-,34+,35-,36-,37-,39+,41-,42-/m1/s1. The Balaban J connectivity index is 1.62. The Labute approximate surface area is 332 Å². The number of cyclic esters (lactones) is 1. The number of rotatable bonds is 8. The van der Waals surface area contributed by atoms with Crippen LogP contribution in [-0.4, -0.2) is 147 Å². The number of urea groups is 1. The number of nitrogens with zero attached hydrogens (tertiary/aromatic N) is 2. The van der Waals surface area contributed by atoms with Crippen LogP contribution in [0.2, 0.25) is 0 Å². The van der Waals surface area contributed by atoms with E-state index in [0.29, 0.717) is 18.7 Å². The van der Waals surface area contributed by atoms with Gasteiger partial charge in [0.05, 0.1) is 29.8 Å². The van der Waals surface area contributed by atoms with Crippen LogP contribution in [0.1, 0.15) is 74.7 Å². The fraction of sp³-hybridized carbons (Fsp3) is 0.714. The lowest BCUT2D eigenvalue weighted by Crippen LogP contribution is -2.60. The molecular formula is C42H68N4O10. The molecule has 0 spiro atoms. The lowest BCUT2D eigenvalue weighted by atomic mass is 9.78. The topological polar surface area (TPSA) is 194 Å². The molecule has 2 aromatic carbocycles. The number of likely N-dealkylation sites (N-methyl/N-ethyl adjacent to an activating group) is 1. The molecule has 2 aliphatic rings. The number of carbonyl (C=O) groups is 2. The molecule has 0 saturated carbocycles. The van der Waals surface area contributed by atoms with Gasteiger partial charge in [0.15, 0.2) is 6.29 Å². The molecule has 0 radical (unpaired) electrons. The molecule has 0 bridgehead atoms. The van der Waals surface area contributed by atoms with Gasteiger partial charge in [-0.15, -0.1) is 0 Å². The van der Waals surface area contributed by atoms with E-state index in [1.807, 2.05) is 80.2 Å². The second kappa shape index (κ2) is 19.2. The van der Waals surface area contributed by atoms with Crippen molar-refractivity contribution in [1.82, 2.24) is 15.1 Å². The molecular weight excluding hydrogens is 720 g/mol. The van der Waals surface area contributed by atoms with E-state index in [9.17, 15) is 35.1 Å². The Morgan fingerprint density at radius 1 is 1.00 bits per heavy atom. The summed E-state index contributed by atoms with van der Waals surface area (Å²) in [6, 6.07) is 12.1. The molecule has 2 amide bonds. The minimum Gasteiger partial charge on any atom is -0.459 e. The summed E-state index contributed by atoms with van der Waals surface area (Å²) in [5.74, 6) is -3.02. The van der Waals surface area contributed by atoms with E-state index in [1.165, 1.54) is 13.8 Å². The number of amides is 2. The van der Waals surface area contributed by atoms with E-state index in [2.05, 4.69) is 10.6 Å². The summed E-state index contributed by atoms with van der Waals surface area (Å²) >= 11 is 0. The van der Waals surface area contributed by atoms with Crippen molar-refractivity contribution in [3.05, 3.63) is 42.5 Å². The summed E-state index contributed by atoms with van der Waals surface area (Å²) in [4.78, 5) is 30.5. The number of aliphatic hydroxyl groups excluding tert-OH is 3. The quantitative estimate of drug-likeness (QED) is 0.194. The van der Waals surface area contributed by atoms with Crippen LogP contribution < -0.4 is 10.6 Å². The second-order valence-corrected chi connectivity index (χ2v) is 17.1. The number of aliphatic hydroxyl groups is 5. The van der Waals surface area contributed by atoms with Crippen molar-refractivity contribution in [3.8, 4) is 0 Å². The molecule has 0 aliphatic carbocycles. The summed E-state index contributed by atoms with van der Waals surface area (Å²) in [5.41, 5.74) is -2.88. The monoisotopic (exact) mass is 788 g/mol. The summed E-state index contributed by atoms with van der Waals surface area (Å²) in [7, 11) is 3.73.